The predicted molar refractivity (Wildman–Crippen MR) is 52.9 cm³/mol. The van der Waals surface area contributed by atoms with Crippen molar-refractivity contribution >= 4 is 9.84 Å². The maximum atomic E-state index is 11.4. The summed E-state index contributed by atoms with van der Waals surface area (Å²) in [5.41, 5.74) is 3.40. The molecule has 0 amide bonds. The molecule has 0 bridgehead atoms. The molecule has 0 fully saturated rings. The van der Waals surface area contributed by atoms with Crippen LogP contribution in [0.4, 0.5) is 0 Å². The van der Waals surface area contributed by atoms with Gasteiger partial charge < -0.3 is 5.21 Å². The van der Waals surface area contributed by atoms with E-state index in [0.717, 1.165) is 11.8 Å². The van der Waals surface area contributed by atoms with Crippen LogP contribution in [-0.2, 0) is 16.4 Å². The molecule has 78 valence electrons. The quantitative estimate of drug-likeness (QED) is 0.734. The van der Waals surface area contributed by atoms with Crippen molar-refractivity contribution in [2.24, 2.45) is 0 Å². The first-order valence-electron chi connectivity index (χ1n) is 4.11. The van der Waals surface area contributed by atoms with Crippen molar-refractivity contribution in [1.82, 2.24) is 5.48 Å². The highest BCUT2D eigenvalue weighted by molar-refractivity contribution is 7.90. The van der Waals surface area contributed by atoms with Crippen LogP contribution in [0.25, 0.3) is 0 Å². The number of hydroxylamine groups is 1. The molecule has 0 aliphatic carbocycles. The molecule has 1 aromatic carbocycles. The van der Waals surface area contributed by atoms with Gasteiger partial charge in [-0.3, -0.25) is 0 Å². The molecule has 0 aromatic heterocycles. The molecule has 1 rings (SSSR count). The Morgan fingerprint density at radius 3 is 2.57 bits per heavy atom. The van der Waals surface area contributed by atoms with Gasteiger partial charge in [-0.15, -0.1) is 0 Å². The van der Waals surface area contributed by atoms with Gasteiger partial charge in [0.25, 0.3) is 0 Å². The largest absolute Gasteiger partial charge is 0.316 e. The van der Waals surface area contributed by atoms with E-state index in [1.165, 1.54) is 0 Å². The number of benzene rings is 1. The molecule has 0 aliphatic heterocycles. The van der Waals surface area contributed by atoms with Gasteiger partial charge in [-0.2, -0.15) is 0 Å². The summed E-state index contributed by atoms with van der Waals surface area (Å²) in [5, 5.41) is 8.53. The fourth-order valence-corrected chi connectivity index (χ4v) is 2.25. The minimum atomic E-state index is -3.23. The van der Waals surface area contributed by atoms with Gasteiger partial charge in [0.2, 0.25) is 0 Å². The average molecular weight is 215 g/mol. The zero-order valence-corrected chi connectivity index (χ0v) is 8.93. The van der Waals surface area contributed by atoms with E-state index in [1.807, 2.05) is 12.4 Å². The second-order valence-corrected chi connectivity index (χ2v) is 5.20. The molecule has 2 N–H and O–H groups in total. The number of hydrogen-bond donors (Lipinski definition) is 2. The SMILES string of the molecule is Cc1ccc(CNO)c(S(C)(=O)=O)c1. The number of aryl methyl sites for hydroxylation is 1. The van der Waals surface area contributed by atoms with Crippen LogP contribution >= 0.6 is 0 Å². The lowest BCUT2D eigenvalue weighted by molar-refractivity contribution is 0.160. The van der Waals surface area contributed by atoms with E-state index in [2.05, 4.69) is 0 Å². The van der Waals surface area contributed by atoms with E-state index in [9.17, 15) is 8.42 Å². The Morgan fingerprint density at radius 1 is 1.43 bits per heavy atom. The van der Waals surface area contributed by atoms with Gasteiger partial charge in [0.05, 0.1) is 4.90 Å². The highest BCUT2D eigenvalue weighted by Gasteiger charge is 2.12. The van der Waals surface area contributed by atoms with Crippen molar-refractivity contribution in [2.75, 3.05) is 6.26 Å². The second kappa shape index (κ2) is 4.08. The molecule has 0 saturated carbocycles. The minimum absolute atomic E-state index is 0.128. The van der Waals surface area contributed by atoms with Crippen LogP contribution < -0.4 is 5.48 Å². The van der Waals surface area contributed by atoms with Gasteiger partial charge in [-0.25, -0.2) is 13.9 Å². The molecule has 0 atom stereocenters. The smallest absolute Gasteiger partial charge is 0.175 e. The van der Waals surface area contributed by atoms with Gasteiger partial charge in [0.15, 0.2) is 9.84 Å². The summed E-state index contributed by atoms with van der Waals surface area (Å²) in [4.78, 5) is 0.263. The lowest BCUT2D eigenvalue weighted by atomic mass is 10.1. The van der Waals surface area contributed by atoms with Crippen LogP contribution in [0, 0.1) is 6.92 Å². The van der Waals surface area contributed by atoms with Crippen molar-refractivity contribution < 1.29 is 13.6 Å². The Morgan fingerprint density at radius 2 is 2.07 bits per heavy atom. The fourth-order valence-electron chi connectivity index (χ4n) is 1.24. The van der Waals surface area contributed by atoms with Crippen molar-refractivity contribution in [1.29, 1.82) is 0 Å². The Labute approximate surface area is 83.4 Å². The van der Waals surface area contributed by atoms with E-state index >= 15 is 0 Å². The van der Waals surface area contributed by atoms with Crippen molar-refractivity contribution in [3.8, 4) is 0 Å². The van der Waals surface area contributed by atoms with Crippen LogP contribution in [0.5, 0.6) is 0 Å². The van der Waals surface area contributed by atoms with E-state index in [0.29, 0.717) is 5.56 Å². The molecule has 0 unspecified atom stereocenters. The fraction of sp³-hybridized carbons (Fsp3) is 0.333. The van der Waals surface area contributed by atoms with E-state index < -0.39 is 9.84 Å². The molecule has 0 saturated heterocycles. The van der Waals surface area contributed by atoms with Crippen LogP contribution in [0.1, 0.15) is 11.1 Å². The van der Waals surface area contributed by atoms with Crippen molar-refractivity contribution in [3.63, 3.8) is 0 Å². The predicted octanol–water partition coefficient (Wildman–Crippen LogP) is 0.877. The van der Waals surface area contributed by atoms with Crippen LogP contribution in [0.3, 0.4) is 0 Å². The number of nitrogens with one attached hydrogen (secondary N) is 1. The first-order valence-corrected chi connectivity index (χ1v) is 6.01. The zero-order chi connectivity index (χ0) is 10.8. The second-order valence-electron chi connectivity index (χ2n) is 3.22. The lowest BCUT2D eigenvalue weighted by Gasteiger charge is -2.07. The van der Waals surface area contributed by atoms with Gasteiger partial charge >= 0.3 is 0 Å². The third-order valence-electron chi connectivity index (χ3n) is 1.89. The average Bonchev–Trinajstić information content (AvgIpc) is 2.07. The summed E-state index contributed by atoms with van der Waals surface area (Å²) in [6.45, 7) is 1.95. The summed E-state index contributed by atoms with van der Waals surface area (Å²) in [7, 11) is -3.23. The molecular formula is C9H13NO3S. The van der Waals surface area contributed by atoms with Crippen molar-refractivity contribution in [2.45, 2.75) is 18.4 Å². The summed E-state index contributed by atoms with van der Waals surface area (Å²) in [6, 6.07) is 5.10. The molecule has 1 aromatic rings. The van der Waals surface area contributed by atoms with Crippen LogP contribution in [-0.4, -0.2) is 19.9 Å². The topological polar surface area (TPSA) is 66.4 Å². The summed E-state index contributed by atoms with van der Waals surface area (Å²) in [5.74, 6) is 0. The summed E-state index contributed by atoms with van der Waals surface area (Å²) in [6.07, 6.45) is 1.16. The van der Waals surface area contributed by atoms with Gasteiger partial charge in [0, 0.05) is 12.8 Å². The first-order chi connectivity index (χ1) is 6.45. The number of sulfone groups is 1. The molecule has 0 heterocycles. The molecule has 0 radical (unpaired) electrons. The number of rotatable bonds is 3. The molecular weight excluding hydrogens is 202 g/mol. The summed E-state index contributed by atoms with van der Waals surface area (Å²) < 4.78 is 22.7. The summed E-state index contributed by atoms with van der Waals surface area (Å²) >= 11 is 0. The monoisotopic (exact) mass is 215 g/mol. The standard InChI is InChI=1S/C9H13NO3S/c1-7-3-4-8(6-10-11)9(5-7)14(2,12)13/h3-5,10-11H,6H2,1-2H3. The van der Waals surface area contributed by atoms with E-state index in [4.69, 9.17) is 5.21 Å². The molecule has 0 aliphatic rings. The highest BCUT2D eigenvalue weighted by atomic mass is 32.2. The lowest BCUT2D eigenvalue weighted by Crippen LogP contribution is -2.11. The van der Waals surface area contributed by atoms with Gasteiger partial charge in [-0.1, -0.05) is 12.1 Å². The minimum Gasteiger partial charge on any atom is -0.316 e. The molecule has 5 heteroatoms. The normalized spacial score (nSPS) is 11.6. The Hall–Kier alpha value is -0.910. The first kappa shape index (κ1) is 11.2. The zero-order valence-electron chi connectivity index (χ0n) is 8.11. The van der Waals surface area contributed by atoms with Crippen LogP contribution in [0.15, 0.2) is 23.1 Å². The Balaban J connectivity index is 3.30. The maximum Gasteiger partial charge on any atom is 0.175 e. The Kier molecular flexibility index (Phi) is 3.25. The third kappa shape index (κ3) is 2.54. The van der Waals surface area contributed by atoms with Gasteiger partial charge in [-0.05, 0) is 24.1 Å². The third-order valence-corrected chi connectivity index (χ3v) is 3.07. The molecule has 0 spiro atoms. The van der Waals surface area contributed by atoms with Crippen molar-refractivity contribution in [3.05, 3.63) is 29.3 Å². The number of hydrogen-bond acceptors (Lipinski definition) is 4. The molecule has 4 nitrogen and oxygen atoms in total. The van der Waals surface area contributed by atoms with Gasteiger partial charge in [0.1, 0.15) is 0 Å². The molecule has 14 heavy (non-hydrogen) atoms. The van der Waals surface area contributed by atoms with E-state index in [1.54, 1.807) is 18.2 Å². The highest BCUT2D eigenvalue weighted by Crippen LogP contribution is 2.17. The maximum absolute atomic E-state index is 11.4. The Bertz CT molecular complexity index is 426. The van der Waals surface area contributed by atoms with Crippen LogP contribution in [0.2, 0.25) is 0 Å². The van der Waals surface area contributed by atoms with E-state index in [-0.39, 0.29) is 11.4 Å².